The van der Waals surface area contributed by atoms with Gasteiger partial charge in [-0.2, -0.15) is 0 Å². The van der Waals surface area contributed by atoms with Gasteiger partial charge in [0.1, 0.15) is 6.61 Å². The van der Waals surface area contributed by atoms with Gasteiger partial charge in [-0.05, 0) is 50.9 Å². The monoisotopic (exact) mass is 755 g/mol. The summed E-state index contributed by atoms with van der Waals surface area (Å²) in [5, 5.41) is 0. The summed E-state index contributed by atoms with van der Waals surface area (Å²) in [7, 11) is -4.77. The minimum atomic E-state index is -4.77. The van der Waals surface area contributed by atoms with Crippen molar-refractivity contribution < 1.29 is 42.7 Å². The fraction of sp³-hybridized carbons (Fsp3) is 0.810. The van der Waals surface area contributed by atoms with Crippen LogP contribution in [0.1, 0.15) is 181 Å². The number of rotatable bonds is 36. The van der Waals surface area contributed by atoms with Gasteiger partial charge in [0, 0.05) is 12.8 Å². The molecule has 0 radical (unpaired) electrons. The molecular formula is C42H75O9P. The van der Waals surface area contributed by atoms with Gasteiger partial charge in [0.05, 0.1) is 18.8 Å². The van der Waals surface area contributed by atoms with E-state index in [4.69, 9.17) is 24.0 Å². The zero-order valence-corrected chi connectivity index (χ0v) is 34.0. The first kappa shape index (κ1) is 48.2. The van der Waals surface area contributed by atoms with Gasteiger partial charge in [-0.3, -0.25) is 14.1 Å². The van der Waals surface area contributed by atoms with Crippen LogP contribution in [0.4, 0.5) is 0 Å². The van der Waals surface area contributed by atoms with Crippen molar-refractivity contribution >= 4 is 19.8 Å². The molecule has 1 heterocycles. The average Bonchev–Trinajstić information content (AvgIpc) is 3.85. The van der Waals surface area contributed by atoms with Crippen LogP contribution in [0.25, 0.3) is 0 Å². The van der Waals surface area contributed by atoms with Crippen molar-refractivity contribution in [2.24, 2.45) is 5.92 Å². The van der Waals surface area contributed by atoms with E-state index in [1.165, 1.54) is 96.3 Å². The smallest absolute Gasteiger partial charge is 0.462 e. The SMILES string of the molecule is CCCCCC1OC1C/C=C\C/C=C\C/C=C\CCCC(=O)O[C@H](COC(=O)CCCCCCCCCCCCCCCC(C)C)COP(=O)(O)O. The van der Waals surface area contributed by atoms with Gasteiger partial charge < -0.3 is 24.0 Å². The molecule has 1 fully saturated rings. The number of epoxide rings is 1. The summed E-state index contributed by atoms with van der Waals surface area (Å²) in [4.78, 5) is 42.8. The molecule has 0 bridgehead atoms. The molecule has 0 amide bonds. The molecule has 3 atom stereocenters. The molecule has 1 rings (SSSR count). The van der Waals surface area contributed by atoms with Gasteiger partial charge in [-0.1, -0.05) is 160 Å². The van der Waals surface area contributed by atoms with Gasteiger partial charge in [-0.25, -0.2) is 4.57 Å². The normalized spacial score (nSPS) is 16.8. The van der Waals surface area contributed by atoms with Gasteiger partial charge >= 0.3 is 19.8 Å². The van der Waals surface area contributed by atoms with Crippen LogP contribution in [-0.4, -0.2) is 53.3 Å². The Bertz CT molecular complexity index is 1020. The molecule has 0 saturated carbocycles. The second kappa shape index (κ2) is 32.6. The number of carbonyl (C=O) groups excluding carboxylic acids is 2. The van der Waals surface area contributed by atoms with Gasteiger partial charge in [0.2, 0.25) is 0 Å². The number of esters is 2. The third-order valence-electron chi connectivity index (χ3n) is 9.26. The van der Waals surface area contributed by atoms with Crippen molar-refractivity contribution in [1.82, 2.24) is 0 Å². The quantitative estimate of drug-likeness (QED) is 0.0211. The van der Waals surface area contributed by atoms with Crippen molar-refractivity contribution in [2.75, 3.05) is 13.2 Å². The number of ether oxygens (including phenoxy) is 3. The Morgan fingerprint density at radius 3 is 1.83 bits per heavy atom. The Morgan fingerprint density at radius 1 is 0.673 bits per heavy atom. The summed E-state index contributed by atoms with van der Waals surface area (Å²) in [6.07, 6.45) is 39.1. The maximum absolute atomic E-state index is 12.4. The van der Waals surface area contributed by atoms with E-state index >= 15 is 0 Å². The highest BCUT2D eigenvalue weighted by Gasteiger charge is 2.36. The molecule has 1 aliphatic rings. The lowest BCUT2D eigenvalue weighted by molar-refractivity contribution is -0.161. The second-order valence-electron chi connectivity index (χ2n) is 14.8. The molecule has 2 N–H and O–H groups in total. The Morgan fingerprint density at radius 2 is 1.23 bits per heavy atom. The van der Waals surface area contributed by atoms with E-state index in [-0.39, 0.29) is 19.4 Å². The molecule has 0 aromatic heterocycles. The van der Waals surface area contributed by atoms with E-state index in [9.17, 15) is 14.2 Å². The second-order valence-corrected chi connectivity index (χ2v) is 16.1. The number of hydrogen-bond donors (Lipinski definition) is 2. The summed E-state index contributed by atoms with van der Waals surface area (Å²) in [6.45, 7) is 5.94. The predicted molar refractivity (Wildman–Crippen MR) is 211 cm³/mol. The summed E-state index contributed by atoms with van der Waals surface area (Å²) < 4.78 is 32.0. The number of carbonyl (C=O) groups is 2. The van der Waals surface area contributed by atoms with Crippen LogP contribution in [-0.2, 0) is 32.9 Å². The van der Waals surface area contributed by atoms with Crippen LogP contribution in [0.15, 0.2) is 36.5 Å². The number of hydrogen-bond acceptors (Lipinski definition) is 7. The fourth-order valence-corrected chi connectivity index (χ4v) is 6.42. The Hall–Kier alpha value is -1.77. The van der Waals surface area contributed by atoms with E-state index in [1.807, 2.05) is 6.08 Å². The molecule has 10 heteroatoms. The highest BCUT2D eigenvalue weighted by atomic mass is 31.2. The van der Waals surface area contributed by atoms with Gasteiger partial charge in [0.15, 0.2) is 6.10 Å². The van der Waals surface area contributed by atoms with Crippen molar-refractivity contribution in [2.45, 2.75) is 200 Å². The topological polar surface area (TPSA) is 132 Å². The minimum absolute atomic E-state index is 0.133. The Kier molecular flexibility index (Phi) is 30.3. The first-order chi connectivity index (χ1) is 25.1. The first-order valence-electron chi connectivity index (χ1n) is 20.8. The van der Waals surface area contributed by atoms with Gasteiger partial charge in [-0.15, -0.1) is 0 Å². The largest absolute Gasteiger partial charge is 0.469 e. The Balaban J connectivity index is 2.09. The lowest BCUT2D eigenvalue weighted by Gasteiger charge is -2.18. The minimum Gasteiger partial charge on any atom is -0.462 e. The zero-order chi connectivity index (χ0) is 38.1. The maximum Gasteiger partial charge on any atom is 0.469 e. The van der Waals surface area contributed by atoms with Gasteiger partial charge in [0.25, 0.3) is 0 Å². The number of phosphoric ester groups is 1. The lowest BCUT2D eigenvalue weighted by atomic mass is 10.0. The Labute approximate surface area is 317 Å². The number of unbranched alkanes of at least 4 members (excludes halogenated alkanes) is 15. The van der Waals surface area contributed by atoms with Crippen LogP contribution in [0.3, 0.4) is 0 Å². The molecule has 2 unspecified atom stereocenters. The predicted octanol–water partition coefficient (Wildman–Crippen LogP) is 11.4. The van der Waals surface area contributed by atoms with Crippen LogP contribution in [0.2, 0.25) is 0 Å². The standard InChI is InChI=1S/C42H75O9P/c1-4-5-25-31-39-40(51-39)32-27-22-18-14-11-12-16-20-24-29-34-42(44)50-38(36-49-52(45,46)47)35-48-41(43)33-28-23-19-15-10-8-6-7-9-13-17-21-26-30-37(2)3/h11,14,16,20,22,27,37-40H,4-10,12-13,15,17-19,21,23-26,28-36H2,1-3H3,(H2,45,46,47)/b14-11-,20-16-,27-22-/t38-,39?,40?/m1/s1. The van der Waals surface area contributed by atoms with Crippen LogP contribution >= 0.6 is 7.82 Å². The fourth-order valence-electron chi connectivity index (χ4n) is 6.06. The third-order valence-corrected chi connectivity index (χ3v) is 9.75. The van der Waals surface area contributed by atoms with Crippen molar-refractivity contribution in [1.29, 1.82) is 0 Å². The van der Waals surface area contributed by atoms with Crippen molar-refractivity contribution in [3.8, 4) is 0 Å². The summed E-state index contributed by atoms with van der Waals surface area (Å²) >= 11 is 0. The van der Waals surface area contributed by atoms with E-state index in [0.29, 0.717) is 25.0 Å². The van der Waals surface area contributed by atoms with Crippen LogP contribution in [0.5, 0.6) is 0 Å². The first-order valence-corrected chi connectivity index (χ1v) is 22.3. The summed E-state index contributed by atoms with van der Waals surface area (Å²) in [5.74, 6) is -0.130. The molecule has 302 valence electrons. The molecule has 0 spiro atoms. The molecule has 0 aromatic carbocycles. The molecule has 1 aliphatic heterocycles. The van der Waals surface area contributed by atoms with Crippen LogP contribution in [0, 0.1) is 5.92 Å². The molecule has 9 nitrogen and oxygen atoms in total. The molecular weight excluding hydrogens is 679 g/mol. The van der Waals surface area contributed by atoms with Crippen LogP contribution < -0.4 is 0 Å². The van der Waals surface area contributed by atoms with E-state index in [2.05, 4.69) is 55.7 Å². The zero-order valence-electron chi connectivity index (χ0n) is 33.1. The molecule has 52 heavy (non-hydrogen) atoms. The average molecular weight is 755 g/mol. The highest BCUT2D eigenvalue weighted by Crippen LogP contribution is 2.36. The maximum atomic E-state index is 12.4. The number of phosphoric acid groups is 1. The van der Waals surface area contributed by atoms with E-state index in [1.54, 1.807) is 0 Å². The molecule has 0 aliphatic carbocycles. The summed E-state index contributed by atoms with van der Waals surface area (Å²) in [5.41, 5.74) is 0. The van der Waals surface area contributed by atoms with E-state index < -0.39 is 32.5 Å². The third kappa shape index (κ3) is 32.8. The molecule has 0 aromatic rings. The lowest BCUT2D eigenvalue weighted by Crippen LogP contribution is -2.29. The summed E-state index contributed by atoms with van der Waals surface area (Å²) in [6, 6.07) is 0. The van der Waals surface area contributed by atoms with Crippen molar-refractivity contribution in [3.05, 3.63) is 36.5 Å². The van der Waals surface area contributed by atoms with E-state index in [0.717, 1.165) is 44.4 Å². The number of allylic oxidation sites excluding steroid dienone is 5. The van der Waals surface area contributed by atoms with Crippen molar-refractivity contribution in [3.63, 3.8) is 0 Å². The highest BCUT2D eigenvalue weighted by molar-refractivity contribution is 7.46. The molecule has 1 saturated heterocycles.